The molecule has 4 rings (SSSR count). The second-order valence-electron chi connectivity index (χ2n) is 5.64. The molecule has 0 fully saturated rings. The standard InChI is InChI=1S/C20H14ClN3O2/c21-14-9-7-13(8-10-14)12-17(24-20(25)18-6-3-11-26-18)19-22-15-4-1-2-5-16(15)23-19/h1-12H,(H,22,23)(H,24,25). The van der Waals surface area contributed by atoms with E-state index in [2.05, 4.69) is 15.3 Å². The summed E-state index contributed by atoms with van der Waals surface area (Å²) in [6.45, 7) is 0. The van der Waals surface area contributed by atoms with E-state index < -0.39 is 0 Å². The zero-order valence-electron chi connectivity index (χ0n) is 13.6. The van der Waals surface area contributed by atoms with E-state index in [9.17, 15) is 4.79 Å². The van der Waals surface area contributed by atoms with Crippen LogP contribution in [0.1, 0.15) is 21.9 Å². The molecule has 4 aromatic rings. The molecule has 0 saturated carbocycles. The Bertz CT molecular complexity index is 1050. The SMILES string of the molecule is O=C(NC(=Cc1ccc(Cl)cc1)c1nc2ccccc2[nH]1)c1ccco1. The number of para-hydroxylation sites is 2. The van der Waals surface area contributed by atoms with E-state index in [1.54, 1.807) is 24.3 Å². The first-order valence-electron chi connectivity index (χ1n) is 7.96. The number of carbonyl (C=O) groups is 1. The summed E-state index contributed by atoms with van der Waals surface area (Å²) < 4.78 is 5.17. The fraction of sp³-hybridized carbons (Fsp3) is 0. The van der Waals surface area contributed by atoms with Gasteiger partial charge in [0.15, 0.2) is 11.6 Å². The fourth-order valence-corrected chi connectivity index (χ4v) is 2.69. The first kappa shape index (κ1) is 16.2. The molecule has 0 aliphatic carbocycles. The summed E-state index contributed by atoms with van der Waals surface area (Å²) >= 11 is 5.95. The van der Waals surface area contributed by atoms with Crippen molar-refractivity contribution in [2.24, 2.45) is 0 Å². The van der Waals surface area contributed by atoms with Crippen molar-refractivity contribution in [2.75, 3.05) is 0 Å². The van der Waals surface area contributed by atoms with Crippen LogP contribution in [-0.4, -0.2) is 15.9 Å². The molecular weight excluding hydrogens is 350 g/mol. The minimum absolute atomic E-state index is 0.225. The number of rotatable bonds is 4. The third kappa shape index (κ3) is 3.38. The summed E-state index contributed by atoms with van der Waals surface area (Å²) in [7, 11) is 0. The number of furan rings is 1. The van der Waals surface area contributed by atoms with Gasteiger partial charge in [-0.15, -0.1) is 0 Å². The molecule has 2 aromatic carbocycles. The topological polar surface area (TPSA) is 70.9 Å². The van der Waals surface area contributed by atoms with E-state index in [1.165, 1.54) is 6.26 Å². The number of carbonyl (C=O) groups excluding carboxylic acids is 1. The van der Waals surface area contributed by atoms with Gasteiger partial charge in [0.2, 0.25) is 0 Å². The summed E-state index contributed by atoms with van der Waals surface area (Å²) in [5.41, 5.74) is 3.11. The van der Waals surface area contributed by atoms with Crippen LogP contribution in [0.25, 0.3) is 22.8 Å². The lowest BCUT2D eigenvalue weighted by Gasteiger charge is -2.07. The third-order valence-electron chi connectivity index (χ3n) is 3.82. The average Bonchev–Trinajstić information content (AvgIpc) is 3.32. The molecule has 2 N–H and O–H groups in total. The maximum absolute atomic E-state index is 12.4. The first-order chi connectivity index (χ1) is 12.7. The Hall–Kier alpha value is -3.31. The molecule has 26 heavy (non-hydrogen) atoms. The first-order valence-corrected chi connectivity index (χ1v) is 8.34. The van der Waals surface area contributed by atoms with E-state index in [-0.39, 0.29) is 11.7 Å². The minimum Gasteiger partial charge on any atom is -0.459 e. The number of amides is 1. The van der Waals surface area contributed by atoms with E-state index in [1.807, 2.05) is 42.5 Å². The van der Waals surface area contributed by atoms with Gasteiger partial charge in [0, 0.05) is 5.02 Å². The molecule has 0 spiro atoms. The van der Waals surface area contributed by atoms with Crippen LogP contribution in [0.5, 0.6) is 0 Å². The lowest BCUT2D eigenvalue weighted by molar-refractivity contribution is 0.0946. The predicted molar refractivity (Wildman–Crippen MR) is 102 cm³/mol. The Kier molecular flexibility index (Phi) is 4.29. The van der Waals surface area contributed by atoms with E-state index >= 15 is 0 Å². The second-order valence-corrected chi connectivity index (χ2v) is 6.08. The second kappa shape index (κ2) is 6.90. The number of H-pyrrole nitrogens is 1. The number of aromatic amines is 1. The highest BCUT2D eigenvalue weighted by molar-refractivity contribution is 6.30. The lowest BCUT2D eigenvalue weighted by atomic mass is 10.2. The number of benzene rings is 2. The lowest BCUT2D eigenvalue weighted by Crippen LogP contribution is -2.22. The van der Waals surface area contributed by atoms with Crippen molar-refractivity contribution in [3.63, 3.8) is 0 Å². The molecule has 2 aromatic heterocycles. The Morgan fingerprint density at radius 2 is 1.88 bits per heavy atom. The third-order valence-corrected chi connectivity index (χ3v) is 4.07. The number of hydrogen-bond acceptors (Lipinski definition) is 3. The quantitative estimate of drug-likeness (QED) is 0.550. The number of aromatic nitrogens is 2. The maximum atomic E-state index is 12.4. The number of nitrogens with zero attached hydrogens (tertiary/aromatic N) is 1. The minimum atomic E-state index is -0.351. The van der Waals surface area contributed by atoms with Gasteiger partial charge in [0.1, 0.15) is 0 Å². The van der Waals surface area contributed by atoms with E-state index in [4.69, 9.17) is 16.0 Å². The van der Waals surface area contributed by atoms with Crippen LogP contribution >= 0.6 is 11.6 Å². The Morgan fingerprint density at radius 3 is 2.62 bits per heavy atom. The van der Waals surface area contributed by atoms with Crippen molar-refractivity contribution in [1.82, 2.24) is 15.3 Å². The van der Waals surface area contributed by atoms with E-state index in [0.717, 1.165) is 16.6 Å². The van der Waals surface area contributed by atoms with Crippen molar-refractivity contribution >= 4 is 40.3 Å². The van der Waals surface area contributed by atoms with Crippen LogP contribution in [0.4, 0.5) is 0 Å². The van der Waals surface area contributed by atoms with Crippen LogP contribution in [0.2, 0.25) is 5.02 Å². The summed E-state index contributed by atoms with van der Waals surface area (Å²) in [5, 5.41) is 3.51. The molecule has 0 radical (unpaired) electrons. The summed E-state index contributed by atoms with van der Waals surface area (Å²) in [4.78, 5) is 20.2. The summed E-state index contributed by atoms with van der Waals surface area (Å²) in [6, 6.07) is 18.3. The van der Waals surface area contributed by atoms with Crippen molar-refractivity contribution in [3.05, 3.63) is 89.1 Å². The highest BCUT2D eigenvalue weighted by atomic mass is 35.5. The van der Waals surface area contributed by atoms with Crippen LogP contribution in [0.3, 0.4) is 0 Å². The number of hydrogen-bond donors (Lipinski definition) is 2. The number of halogens is 1. The van der Waals surface area contributed by atoms with Gasteiger partial charge in [-0.3, -0.25) is 4.79 Å². The van der Waals surface area contributed by atoms with Crippen LogP contribution in [0.15, 0.2) is 71.3 Å². The van der Waals surface area contributed by atoms with Gasteiger partial charge in [-0.25, -0.2) is 4.98 Å². The molecule has 128 valence electrons. The highest BCUT2D eigenvalue weighted by Gasteiger charge is 2.15. The predicted octanol–water partition coefficient (Wildman–Crippen LogP) is 4.74. The molecule has 6 heteroatoms. The van der Waals surface area contributed by atoms with Gasteiger partial charge >= 0.3 is 0 Å². The average molecular weight is 364 g/mol. The zero-order valence-corrected chi connectivity index (χ0v) is 14.3. The summed E-state index contributed by atoms with van der Waals surface area (Å²) in [6.07, 6.45) is 3.29. The van der Waals surface area contributed by atoms with Gasteiger partial charge in [-0.1, -0.05) is 35.9 Å². The van der Waals surface area contributed by atoms with E-state index in [0.29, 0.717) is 16.5 Å². The molecule has 0 aliphatic rings. The highest BCUT2D eigenvalue weighted by Crippen LogP contribution is 2.19. The van der Waals surface area contributed by atoms with Gasteiger partial charge in [-0.05, 0) is 48.0 Å². The Balaban J connectivity index is 1.75. The molecule has 2 heterocycles. The fourth-order valence-electron chi connectivity index (χ4n) is 2.56. The zero-order chi connectivity index (χ0) is 17.9. The van der Waals surface area contributed by atoms with Gasteiger partial charge in [-0.2, -0.15) is 0 Å². The molecule has 1 amide bonds. The largest absolute Gasteiger partial charge is 0.459 e. The normalized spacial score (nSPS) is 11.7. The maximum Gasteiger partial charge on any atom is 0.291 e. The van der Waals surface area contributed by atoms with Gasteiger partial charge in [0.25, 0.3) is 5.91 Å². The molecular formula is C20H14ClN3O2. The van der Waals surface area contributed by atoms with Crippen LogP contribution in [0, 0.1) is 0 Å². The molecule has 0 aliphatic heterocycles. The van der Waals surface area contributed by atoms with Gasteiger partial charge < -0.3 is 14.7 Å². The van der Waals surface area contributed by atoms with Crippen molar-refractivity contribution in [1.29, 1.82) is 0 Å². The molecule has 0 saturated heterocycles. The number of fused-ring (bicyclic) bond motifs is 1. The smallest absolute Gasteiger partial charge is 0.291 e. The van der Waals surface area contributed by atoms with Gasteiger partial charge in [0.05, 0.1) is 23.0 Å². The molecule has 0 unspecified atom stereocenters. The van der Waals surface area contributed by atoms with Crippen molar-refractivity contribution in [3.8, 4) is 0 Å². The van der Waals surface area contributed by atoms with Crippen LogP contribution in [-0.2, 0) is 0 Å². The Morgan fingerprint density at radius 1 is 1.08 bits per heavy atom. The van der Waals surface area contributed by atoms with Crippen molar-refractivity contribution < 1.29 is 9.21 Å². The Labute approximate surface area is 154 Å². The summed E-state index contributed by atoms with van der Waals surface area (Å²) in [5.74, 6) is 0.430. The molecule has 5 nitrogen and oxygen atoms in total. The molecule has 0 atom stereocenters. The number of nitrogens with one attached hydrogen (secondary N) is 2. The monoisotopic (exact) mass is 363 g/mol. The molecule has 0 bridgehead atoms. The number of imidazole rings is 1. The van der Waals surface area contributed by atoms with Crippen LogP contribution < -0.4 is 5.32 Å². The van der Waals surface area contributed by atoms with Crippen molar-refractivity contribution in [2.45, 2.75) is 0 Å².